The second-order valence-corrected chi connectivity index (χ2v) is 6.91. The number of benzene rings is 3. The summed E-state index contributed by atoms with van der Waals surface area (Å²) in [5.41, 5.74) is 1.66. The van der Waals surface area contributed by atoms with Gasteiger partial charge in [-0.2, -0.15) is 4.98 Å². The number of fused-ring (bicyclic) bond motifs is 1. The zero-order valence-corrected chi connectivity index (χ0v) is 17.2. The molecule has 0 radical (unpaired) electrons. The lowest BCUT2D eigenvalue weighted by molar-refractivity contribution is 0.0987. The first-order chi connectivity index (χ1) is 14.7. The van der Waals surface area contributed by atoms with Crippen molar-refractivity contribution >= 4 is 34.1 Å². The molecule has 0 atom stereocenters. The van der Waals surface area contributed by atoms with Crippen LogP contribution in [0.1, 0.15) is 24.2 Å². The van der Waals surface area contributed by atoms with Crippen molar-refractivity contribution < 1.29 is 4.79 Å². The van der Waals surface area contributed by atoms with Crippen LogP contribution in [0.5, 0.6) is 0 Å². The van der Waals surface area contributed by atoms with Crippen molar-refractivity contribution in [3.63, 3.8) is 0 Å². The van der Waals surface area contributed by atoms with E-state index in [0.29, 0.717) is 23.9 Å². The van der Waals surface area contributed by atoms with Crippen LogP contribution in [0.15, 0.2) is 85.1 Å². The van der Waals surface area contributed by atoms with Gasteiger partial charge in [0.05, 0.1) is 0 Å². The van der Waals surface area contributed by atoms with Gasteiger partial charge in [0.25, 0.3) is 5.91 Å². The van der Waals surface area contributed by atoms with Crippen molar-refractivity contribution in [3.05, 3.63) is 90.6 Å². The van der Waals surface area contributed by atoms with Gasteiger partial charge in [0.2, 0.25) is 5.95 Å². The fraction of sp³-hybridized carbons (Fsp3) is 0.160. The summed E-state index contributed by atoms with van der Waals surface area (Å²) in [6.45, 7) is 5.24. The zero-order chi connectivity index (χ0) is 20.9. The Balaban J connectivity index is 1.67. The van der Waals surface area contributed by atoms with Crippen LogP contribution in [0.3, 0.4) is 0 Å². The number of hydrogen-bond acceptors (Lipinski definition) is 4. The Morgan fingerprint density at radius 3 is 2.30 bits per heavy atom. The number of rotatable bonds is 6. The smallest absolute Gasteiger partial charge is 0.259 e. The largest absolute Gasteiger partial charge is 0.311 e. The maximum absolute atomic E-state index is 13.3. The molecule has 0 fully saturated rings. The highest BCUT2D eigenvalue weighted by molar-refractivity contribution is 6.07. The quantitative estimate of drug-likeness (QED) is 0.435. The second kappa shape index (κ2) is 8.74. The minimum Gasteiger partial charge on any atom is -0.311 e. The summed E-state index contributed by atoms with van der Waals surface area (Å²) < 4.78 is 0. The highest BCUT2D eigenvalue weighted by Crippen LogP contribution is 2.24. The SMILES string of the molecule is CCN(C(=O)c1ccc2ccccc2c1)c1ccnc(N(CC)c2ccccc2)n1. The molecular formula is C25H24N4O. The van der Waals surface area contributed by atoms with E-state index in [0.717, 1.165) is 23.0 Å². The minimum absolute atomic E-state index is 0.0735. The molecule has 30 heavy (non-hydrogen) atoms. The van der Waals surface area contributed by atoms with Gasteiger partial charge in [0.1, 0.15) is 5.82 Å². The number of amides is 1. The standard InChI is InChI=1S/C25H24N4O/c1-3-28(22-12-6-5-7-13-22)25-26-17-16-23(27-25)29(4-2)24(30)21-15-14-19-10-8-9-11-20(19)18-21/h5-18H,3-4H2,1-2H3. The van der Waals surface area contributed by atoms with Crippen LogP contribution in [-0.2, 0) is 0 Å². The molecule has 4 rings (SSSR count). The third-order valence-corrected chi connectivity index (χ3v) is 5.09. The molecule has 4 aromatic rings. The fourth-order valence-corrected chi connectivity index (χ4v) is 3.55. The topological polar surface area (TPSA) is 49.3 Å². The molecule has 0 saturated carbocycles. The maximum Gasteiger partial charge on any atom is 0.259 e. The highest BCUT2D eigenvalue weighted by Gasteiger charge is 2.19. The van der Waals surface area contributed by atoms with Crippen molar-refractivity contribution in [2.45, 2.75) is 13.8 Å². The van der Waals surface area contributed by atoms with Crippen LogP contribution in [0.25, 0.3) is 10.8 Å². The highest BCUT2D eigenvalue weighted by atomic mass is 16.2. The van der Waals surface area contributed by atoms with Crippen LogP contribution >= 0.6 is 0 Å². The predicted octanol–water partition coefficient (Wildman–Crippen LogP) is 5.45. The lowest BCUT2D eigenvalue weighted by Gasteiger charge is -2.24. The van der Waals surface area contributed by atoms with Crippen molar-refractivity contribution in [3.8, 4) is 0 Å². The summed E-state index contributed by atoms with van der Waals surface area (Å²) in [7, 11) is 0. The van der Waals surface area contributed by atoms with Gasteiger partial charge in [0, 0.05) is 30.5 Å². The number of carbonyl (C=O) groups excluding carboxylic acids is 1. The lowest BCUT2D eigenvalue weighted by atomic mass is 10.1. The predicted molar refractivity (Wildman–Crippen MR) is 122 cm³/mol. The van der Waals surface area contributed by atoms with E-state index in [-0.39, 0.29) is 5.91 Å². The van der Waals surface area contributed by atoms with Crippen LogP contribution < -0.4 is 9.80 Å². The van der Waals surface area contributed by atoms with E-state index in [1.54, 1.807) is 17.2 Å². The number of anilines is 3. The van der Waals surface area contributed by atoms with Gasteiger partial charge >= 0.3 is 0 Å². The molecule has 0 N–H and O–H groups in total. The van der Waals surface area contributed by atoms with Crippen LogP contribution in [0.4, 0.5) is 17.5 Å². The Kier molecular flexibility index (Phi) is 5.70. The van der Waals surface area contributed by atoms with Crippen LogP contribution in [0, 0.1) is 0 Å². The van der Waals surface area contributed by atoms with Gasteiger partial charge in [-0.15, -0.1) is 0 Å². The molecule has 3 aromatic carbocycles. The molecule has 0 aliphatic rings. The number of carbonyl (C=O) groups is 1. The fourth-order valence-electron chi connectivity index (χ4n) is 3.55. The average Bonchev–Trinajstić information content (AvgIpc) is 2.81. The summed E-state index contributed by atoms with van der Waals surface area (Å²) >= 11 is 0. The third-order valence-electron chi connectivity index (χ3n) is 5.09. The first kappa shape index (κ1) is 19.6. The number of para-hydroxylation sites is 1. The van der Waals surface area contributed by atoms with Gasteiger partial charge in [0.15, 0.2) is 0 Å². The van der Waals surface area contributed by atoms with Crippen molar-refractivity contribution in [1.29, 1.82) is 0 Å². The Bertz CT molecular complexity index is 1160. The van der Waals surface area contributed by atoms with Crippen molar-refractivity contribution in [2.24, 2.45) is 0 Å². The van der Waals surface area contributed by atoms with E-state index in [1.807, 2.05) is 84.6 Å². The maximum atomic E-state index is 13.3. The average molecular weight is 396 g/mol. The number of hydrogen-bond donors (Lipinski definition) is 0. The first-order valence-electron chi connectivity index (χ1n) is 10.2. The van der Waals surface area contributed by atoms with E-state index in [2.05, 4.69) is 11.9 Å². The molecule has 1 heterocycles. The normalized spacial score (nSPS) is 10.7. The molecule has 0 aliphatic carbocycles. The second-order valence-electron chi connectivity index (χ2n) is 6.91. The summed E-state index contributed by atoms with van der Waals surface area (Å²) in [4.78, 5) is 26.2. The van der Waals surface area contributed by atoms with Gasteiger partial charge in [-0.05, 0) is 55.0 Å². The van der Waals surface area contributed by atoms with E-state index in [9.17, 15) is 4.79 Å². The van der Waals surface area contributed by atoms with Crippen LogP contribution in [-0.4, -0.2) is 29.0 Å². The molecule has 5 heteroatoms. The Morgan fingerprint density at radius 2 is 1.57 bits per heavy atom. The van der Waals surface area contributed by atoms with Crippen molar-refractivity contribution in [2.75, 3.05) is 22.9 Å². The minimum atomic E-state index is -0.0735. The zero-order valence-electron chi connectivity index (χ0n) is 17.2. The molecule has 5 nitrogen and oxygen atoms in total. The number of nitrogens with zero attached hydrogens (tertiary/aromatic N) is 4. The molecule has 0 spiro atoms. The summed E-state index contributed by atoms with van der Waals surface area (Å²) in [5.74, 6) is 1.09. The molecule has 0 aliphatic heterocycles. The molecule has 150 valence electrons. The lowest BCUT2D eigenvalue weighted by Crippen LogP contribution is -2.32. The summed E-state index contributed by atoms with van der Waals surface area (Å²) in [5, 5.41) is 2.16. The molecule has 0 saturated heterocycles. The van der Waals surface area contributed by atoms with E-state index >= 15 is 0 Å². The van der Waals surface area contributed by atoms with E-state index in [4.69, 9.17) is 4.98 Å². The Hall–Kier alpha value is -3.73. The summed E-state index contributed by atoms with van der Waals surface area (Å²) in [6.07, 6.45) is 1.71. The Labute approximate surface area is 176 Å². The third kappa shape index (κ3) is 3.87. The molecule has 1 amide bonds. The first-order valence-corrected chi connectivity index (χ1v) is 10.2. The van der Waals surface area contributed by atoms with E-state index < -0.39 is 0 Å². The molecular weight excluding hydrogens is 372 g/mol. The Morgan fingerprint density at radius 1 is 0.833 bits per heavy atom. The van der Waals surface area contributed by atoms with Crippen LogP contribution in [0.2, 0.25) is 0 Å². The van der Waals surface area contributed by atoms with Gasteiger partial charge in [-0.1, -0.05) is 48.5 Å². The molecule has 0 unspecified atom stereocenters. The number of aromatic nitrogens is 2. The monoisotopic (exact) mass is 396 g/mol. The van der Waals surface area contributed by atoms with Gasteiger partial charge in [-0.25, -0.2) is 4.98 Å². The van der Waals surface area contributed by atoms with Gasteiger partial charge in [-0.3, -0.25) is 9.69 Å². The summed E-state index contributed by atoms with van der Waals surface area (Å²) in [6, 6.07) is 25.6. The molecule has 1 aromatic heterocycles. The van der Waals surface area contributed by atoms with E-state index in [1.165, 1.54) is 0 Å². The van der Waals surface area contributed by atoms with Crippen molar-refractivity contribution in [1.82, 2.24) is 9.97 Å². The molecule has 0 bridgehead atoms. The van der Waals surface area contributed by atoms with Gasteiger partial charge < -0.3 is 4.90 Å².